The molecule has 0 spiro atoms. The van der Waals surface area contributed by atoms with Crippen molar-refractivity contribution in [2.24, 2.45) is 0 Å². The number of piperazine rings is 1. The van der Waals surface area contributed by atoms with Crippen LogP contribution in [0.1, 0.15) is 24.2 Å². The summed E-state index contributed by atoms with van der Waals surface area (Å²) in [4.78, 5) is 17.8. The Balaban J connectivity index is 1.94. The lowest BCUT2D eigenvalue weighted by Crippen LogP contribution is -2.59. The van der Waals surface area contributed by atoms with Crippen LogP contribution in [0.25, 0.3) is 10.9 Å². The van der Waals surface area contributed by atoms with Gasteiger partial charge < -0.3 is 15.2 Å². The third-order valence-electron chi connectivity index (χ3n) is 3.85. The fourth-order valence-electron chi connectivity index (χ4n) is 2.70. The maximum Gasteiger partial charge on any atom is 0.254 e. The van der Waals surface area contributed by atoms with Crippen molar-refractivity contribution in [1.82, 2.24) is 15.2 Å². The number of amides is 1. The van der Waals surface area contributed by atoms with E-state index in [9.17, 15) is 4.79 Å². The number of carbonyl (C=O) groups is 1. The first-order valence-corrected chi connectivity index (χ1v) is 6.68. The molecule has 100 valence electrons. The molecule has 4 heteroatoms. The zero-order valence-corrected chi connectivity index (χ0v) is 11.4. The molecule has 2 heterocycles. The van der Waals surface area contributed by atoms with Gasteiger partial charge in [-0.15, -0.1) is 0 Å². The van der Waals surface area contributed by atoms with E-state index in [2.05, 4.69) is 24.1 Å². The van der Waals surface area contributed by atoms with E-state index in [1.54, 1.807) is 0 Å². The Labute approximate surface area is 112 Å². The fraction of sp³-hybridized carbons (Fsp3) is 0.400. The number of nitrogens with zero attached hydrogens (tertiary/aromatic N) is 1. The van der Waals surface area contributed by atoms with Gasteiger partial charge in [0.25, 0.3) is 5.91 Å². The minimum absolute atomic E-state index is 0.120. The molecule has 4 nitrogen and oxygen atoms in total. The third-order valence-corrected chi connectivity index (χ3v) is 3.85. The molecule has 0 unspecified atom stereocenters. The van der Waals surface area contributed by atoms with Crippen molar-refractivity contribution in [2.45, 2.75) is 19.4 Å². The molecule has 1 aliphatic rings. The number of hydrogen-bond donors (Lipinski definition) is 2. The number of rotatable bonds is 1. The van der Waals surface area contributed by atoms with Gasteiger partial charge in [-0.25, -0.2) is 0 Å². The number of aromatic nitrogens is 1. The third kappa shape index (κ3) is 2.12. The summed E-state index contributed by atoms with van der Waals surface area (Å²) in [7, 11) is 0. The number of H-pyrrole nitrogens is 1. The van der Waals surface area contributed by atoms with Crippen molar-refractivity contribution >= 4 is 16.8 Å². The summed E-state index contributed by atoms with van der Waals surface area (Å²) in [6, 6.07) is 7.83. The largest absolute Gasteiger partial charge is 0.361 e. The van der Waals surface area contributed by atoms with E-state index in [0.717, 1.165) is 36.1 Å². The second-order valence-corrected chi connectivity index (χ2v) is 5.73. The van der Waals surface area contributed by atoms with E-state index in [4.69, 9.17) is 0 Å². The predicted molar refractivity (Wildman–Crippen MR) is 76.3 cm³/mol. The molecule has 1 fully saturated rings. The smallest absolute Gasteiger partial charge is 0.254 e. The molecule has 2 N–H and O–H groups in total. The lowest BCUT2D eigenvalue weighted by Gasteiger charge is -2.42. The Morgan fingerprint density at radius 3 is 2.95 bits per heavy atom. The van der Waals surface area contributed by atoms with Gasteiger partial charge in [0.15, 0.2) is 0 Å². The Hall–Kier alpha value is -1.81. The number of carbonyl (C=O) groups excluding carboxylic acids is 1. The molecule has 1 aliphatic heterocycles. The average Bonchev–Trinajstić information content (AvgIpc) is 2.84. The minimum Gasteiger partial charge on any atom is -0.361 e. The SMILES string of the molecule is CC1(C)CNCCN1C(=O)c1ccc2[nH]ccc2c1. The van der Waals surface area contributed by atoms with E-state index in [-0.39, 0.29) is 11.4 Å². The van der Waals surface area contributed by atoms with Crippen LogP contribution in [0.5, 0.6) is 0 Å². The Kier molecular flexibility index (Phi) is 2.82. The van der Waals surface area contributed by atoms with Crippen LogP contribution in [0.2, 0.25) is 0 Å². The van der Waals surface area contributed by atoms with Crippen LogP contribution in [-0.2, 0) is 0 Å². The topological polar surface area (TPSA) is 48.1 Å². The first-order valence-electron chi connectivity index (χ1n) is 6.68. The van der Waals surface area contributed by atoms with Gasteiger partial charge in [-0.1, -0.05) is 0 Å². The molecule has 0 atom stereocenters. The van der Waals surface area contributed by atoms with Gasteiger partial charge in [-0.3, -0.25) is 4.79 Å². The normalized spacial score (nSPS) is 18.7. The second kappa shape index (κ2) is 4.38. The minimum atomic E-state index is -0.136. The predicted octanol–water partition coefficient (Wildman–Crippen LogP) is 1.99. The molecule has 3 rings (SSSR count). The monoisotopic (exact) mass is 257 g/mol. The van der Waals surface area contributed by atoms with Gasteiger partial charge >= 0.3 is 0 Å². The van der Waals surface area contributed by atoms with Crippen LogP contribution in [-0.4, -0.2) is 41.0 Å². The lowest BCUT2D eigenvalue weighted by molar-refractivity contribution is 0.0477. The molecule has 1 saturated heterocycles. The molecule has 0 radical (unpaired) electrons. The van der Waals surface area contributed by atoms with Gasteiger partial charge in [0, 0.05) is 42.3 Å². The fourth-order valence-corrected chi connectivity index (χ4v) is 2.70. The summed E-state index contributed by atoms with van der Waals surface area (Å²) in [6.07, 6.45) is 1.90. The highest BCUT2D eigenvalue weighted by Crippen LogP contribution is 2.21. The summed E-state index contributed by atoms with van der Waals surface area (Å²) in [5.74, 6) is 0.120. The summed E-state index contributed by atoms with van der Waals surface area (Å²) in [6.45, 7) is 6.67. The van der Waals surface area contributed by atoms with Crippen LogP contribution in [0.4, 0.5) is 0 Å². The first-order chi connectivity index (χ1) is 9.08. The standard InChI is InChI=1S/C15H19N3O/c1-15(2)10-16-7-8-18(15)14(19)12-3-4-13-11(9-12)5-6-17-13/h3-6,9,16-17H,7-8,10H2,1-2H3. The lowest BCUT2D eigenvalue weighted by atomic mass is 9.98. The molecular formula is C15H19N3O. The van der Waals surface area contributed by atoms with Crippen molar-refractivity contribution in [3.05, 3.63) is 36.0 Å². The van der Waals surface area contributed by atoms with Crippen molar-refractivity contribution in [3.8, 4) is 0 Å². The van der Waals surface area contributed by atoms with Gasteiger partial charge in [0.05, 0.1) is 5.54 Å². The Bertz CT molecular complexity index is 615. The van der Waals surface area contributed by atoms with E-state index < -0.39 is 0 Å². The zero-order chi connectivity index (χ0) is 13.5. The van der Waals surface area contributed by atoms with E-state index >= 15 is 0 Å². The van der Waals surface area contributed by atoms with Crippen LogP contribution < -0.4 is 5.32 Å². The maximum atomic E-state index is 12.7. The van der Waals surface area contributed by atoms with E-state index in [1.807, 2.05) is 35.4 Å². The quantitative estimate of drug-likeness (QED) is 0.821. The zero-order valence-electron chi connectivity index (χ0n) is 11.4. The number of hydrogen-bond acceptors (Lipinski definition) is 2. The highest BCUT2D eigenvalue weighted by Gasteiger charge is 2.33. The van der Waals surface area contributed by atoms with Crippen LogP contribution >= 0.6 is 0 Å². The van der Waals surface area contributed by atoms with Crippen molar-refractivity contribution in [3.63, 3.8) is 0 Å². The van der Waals surface area contributed by atoms with E-state index in [0.29, 0.717) is 0 Å². The van der Waals surface area contributed by atoms with Gasteiger partial charge in [-0.2, -0.15) is 0 Å². The molecule has 1 amide bonds. The summed E-state index contributed by atoms with van der Waals surface area (Å²) >= 11 is 0. The molecule has 1 aromatic carbocycles. The summed E-state index contributed by atoms with van der Waals surface area (Å²) in [5, 5.41) is 4.42. The number of nitrogens with one attached hydrogen (secondary N) is 2. The Morgan fingerprint density at radius 2 is 2.16 bits per heavy atom. The van der Waals surface area contributed by atoms with E-state index in [1.165, 1.54) is 0 Å². The molecule has 0 aliphatic carbocycles. The first kappa shape index (κ1) is 12.2. The average molecular weight is 257 g/mol. The van der Waals surface area contributed by atoms with Gasteiger partial charge in [0.2, 0.25) is 0 Å². The molecule has 0 bridgehead atoms. The molecule has 0 saturated carbocycles. The maximum absolute atomic E-state index is 12.7. The van der Waals surface area contributed by atoms with Crippen molar-refractivity contribution in [2.75, 3.05) is 19.6 Å². The van der Waals surface area contributed by atoms with Crippen LogP contribution in [0, 0.1) is 0 Å². The molecule has 1 aromatic heterocycles. The highest BCUT2D eigenvalue weighted by atomic mass is 16.2. The second-order valence-electron chi connectivity index (χ2n) is 5.73. The number of fused-ring (bicyclic) bond motifs is 1. The van der Waals surface area contributed by atoms with Crippen LogP contribution in [0.3, 0.4) is 0 Å². The molecule has 2 aromatic rings. The number of benzene rings is 1. The van der Waals surface area contributed by atoms with Gasteiger partial charge in [-0.05, 0) is 38.1 Å². The van der Waals surface area contributed by atoms with Crippen molar-refractivity contribution in [1.29, 1.82) is 0 Å². The molecule has 19 heavy (non-hydrogen) atoms. The number of aromatic amines is 1. The van der Waals surface area contributed by atoms with Crippen molar-refractivity contribution < 1.29 is 4.79 Å². The van der Waals surface area contributed by atoms with Gasteiger partial charge in [0.1, 0.15) is 0 Å². The van der Waals surface area contributed by atoms with Crippen LogP contribution in [0.15, 0.2) is 30.5 Å². The summed E-state index contributed by atoms with van der Waals surface area (Å²) < 4.78 is 0. The Morgan fingerprint density at radius 1 is 1.32 bits per heavy atom. The molecular weight excluding hydrogens is 238 g/mol. The highest BCUT2D eigenvalue weighted by molar-refractivity contribution is 5.98. The summed E-state index contributed by atoms with van der Waals surface area (Å²) in [5.41, 5.74) is 1.70.